The molecule has 0 radical (unpaired) electrons. The van der Waals surface area contributed by atoms with Gasteiger partial charge in [0.1, 0.15) is 6.04 Å². The second-order valence-corrected chi connectivity index (χ2v) is 5.79. The van der Waals surface area contributed by atoms with Crippen LogP contribution in [0.4, 0.5) is 0 Å². The monoisotopic (exact) mass is 264 g/mol. The Morgan fingerprint density at radius 2 is 2.11 bits per heavy atom. The van der Waals surface area contributed by atoms with Crippen molar-refractivity contribution >= 4 is 5.91 Å². The standard InChI is InChI=1S/C14H24N4O/c1-10-4-6-12(7-5-10)18(3)14(19)13(15)11-8-16-17(2)9-11/h8-10,12-13H,4-7,15H2,1-3H3. The van der Waals surface area contributed by atoms with Crippen molar-refractivity contribution in [1.29, 1.82) is 0 Å². The molecule has 0 saturated heterocycles. The lowest BCUT2D eigenvalue weighted by Gasteiger charge is -2.34. The molecule has 2 N–H and O–H groups in total. The Labute approximate surface area is 114 Å². The summed E-state index contributed by atoms with van der Waals surface area (Å²) >= 11 is 0. The van der Waals surface area contributed by atoms with Crippen molar-refractivity contribution in [3.05, 3.63) is 18.0 Å². The summed E-state index contributed by atoms with van der Waals surface area (Å²) in [6.07, 6.45) is 8.04. The Bertz CT molecular complexity index is 434. The lowest BCUT2D eigenvalue weighted by molar-refractivity contribution is -0.134. The van der Waals surface area contributed by atoms with Crippen LogP contribution < -0.4 is 5.73 Å². The molecule has 1 aromatic rings. The van der Waals surface area contributed by atoms with Gasteiger partial charge >= 0.3 is 0 Å². The van der Waals surface area contributed by atoms with Gasteiger partial charge in [0.15, 0.2) is 0 Å². The number of aryl methyl sites for hydroxylation is 1. The van der Waals surface area contributed by atoms with E-state index in [1.165, 1.54) is 12.8 Å². The number of amides is 1. The van der Waals surface area contributed by atoms with Crippen molar-refractivity contribution in [2.75, 3.05) is 7.05 Å². The van der Waals surface area contributed by atoms with Crippen LogP contribution in [0.15, 0.2) is 12.4 Å². The van der Waals surface area contributed by atoms with Gasteiger partial charge in [0, 0.05) is 31.9 Å². The summed E-state index contributed by atoms with van der Waals surface area (Å²) in [5.41, 5.74) is 6.82. The lowest BCUT2D eigenvalue weighted by Crippen LogP contribution is -2.43. The van der Waals surface area contributed by atoms with Crippen LogP contribution in [0.2, 0.25) is 0 Å². The molecular weight excluding hydrogens is 240 g/mol. The summed E-state index contributed by atoms with van der Waals surface area (Å²) < 4.78 is 1.67. The van der Waals surface area contributed by atoms with Gasteiger partial charge < -0.3 is 10.6 Å². The summed E-state index contributed by atoms with van der Waals surface area (Å²) in [6, 6.07) is -0.260. The van der Waals surface area contributed by atoms with Crippen molar-refractivity contribution in [1.82, 2.24) is 14.7 Å². The Hall–Kier alpha value is -1.36. The summed E-state index contributed by atoms with van der Waals surface area (Å²) in [6.45, 7) is 2.28. The van der Waals surface area contributed by atoms with Crippen LogP contribution in [0.1, 0.15) is 44.2 Å². The minimum absolute atomic E-state index is 0.00690. The normalized spacial score (nSPS) is 25.1. The molecule has 5 heteroatoms. The van der Waals surface area contributed by atoms with E-state index in [4.69, 9.17) is 5.73 Å². The Kier molecular flexibility index (Phi) is 4.24. The molecule has 2 rings (SSSR count). The Morgan fingerprint density at radius 3 is 2.63 bits per heavy atom. The van der Waals surface area contributed by atoms with Crippen molar-refractivity contribution in [3.63, 3.8) is 0 Å². The molecule has 1 fully saturated rings. The largest absolute Gasteiger partial charge is 0.341 e. The highest BCUT2D eigenvalue weighted by molar-refractivity contribution is 5.83. The molecular formula is C14H24N4O. The van der Waals surface area contributed by atoms with Crippen molar-refractivity contribution in [2.24, 2.45) is 18.7 Å². The van der Waals surface area contributed by atoms with Gasteiger partial charge in [-0.1, -0.05) is 6.92 Å². The number of rotatable bonds is 3. The van der Waals surface area contributed by atoms with E-state index >= 15 is 0 Å². The second kappa shape index (κ2) is 5.74. The molecule has 0 aliphatic heterocycles. The van der Waals surface area contributed by atoms with Gasteiger partial charge in [0.25, 0.3) is 0 Å². The van der Waals surface area contributed by atoms with Gasteiger partial charge in [0.05, 0.1) is 6.20 Å². The number of hydrogen-bond donors (Lipinski definition) is 1. The summed E-state index contributed by atoms with van der Waals surface area (Å²) in [5.74, 6) is 0.777. The highest BCUT2D eigenvalue weighted by Crippen LogP contribution is 2.27. The highest BCUT2D eigenvalue weighted by atomic mass is 16.2. The van der Waals surface area contributed by atoms with Crippen molar-refractivity contribution < 1.29 is 4.79 Å². The first-order valence-corrected chi connectivity index (χ1v) is 7.00. The molecule has 19 heavy (non-hydrogen) atoms. The predicted octanol–water partition coefficient (Wildman–Crippen LogP) is 1.46. The van der Waals surface area contributed by atoms with E-state index in [1.807, 2.05) is 19.0 Å². The van der Waals surface area contributed by atoms with Crippen LogP contribution in [0.5, 0.6) is 0 Å². The van der Waals surface area contributed by atoms with Crippen LogP contribution in [0.3, 0.4) is 0 Å². The van der Waals surface area contributed by atoms with Gasteiger partial charge in [-0.05, 0) is 31.6 Å². The SMILES string of the molecule is CC1CCC(N(C)C(=O)C(N)c2cnn(C)c2)CC1. The fourth-order valence-corrected chi connectivity index (χ4v) is 2.77. The smallest absolute Gasteiger partial charge is 0.244 e. The molecule has 0 aromatic carbocycles. The predicted molar refractivity (Wildman–Crippen MR) is 74.3 cm³/mol. The maximum Gasteiger partial charge on any atom is 0.244 e. The number of hydrogen-bond acceptors (Lipinski definition) is 3. The quantitative estimate of drug-likeness (QED) is 0.899. The van der Waals surface area contributed by atoms with Gasteiger partial charge in [-0.3, -0.25) is 9.48 Å². The third kappa shape index (κ3) is 3.15. The highest BCUT2D eigenvalue weighted by Gasteiger charge is 2.28. The number of aromatic nitrogens is 2. The van der Waals surface area contributed by atoms with Crippen LogP contribution in [0, 0.1) is 5.92 Å². The van der Waals surface area contributed by atoms with Gasteiger partial charge in [-0.25, -0.2) is 0 Å². The summed E-state index contributed by atoms with van der Waals surface area (Å²) in [5, 5.41) is 4.07. The molecule has 1 amide bonds. The number of likely N-dealkylation sites (N-methyl/N-ethyl adjacent to an activating group) is 1. The van der Waals surface area contributed by atoms with Gasteiger partial charge in [-0.2, -0.15) is 5.10 Å². The maximum absolute atomic E-state index is 12.4. The maximum atomic E-state index is 12.4. The topological polar surface area (TPSA) is 64.2 Å². The fraction of sp³-hybridized carbons (Fsp3) is 0.714. The molecule has 1 aliphatic carbocycles. The second-order valence-electron chi connectivity index (χ2n) is 5.79. The minimum Gasteiger partial charge on any atom is -0.341 e. The molecule has 1 aliphatic rings. The molecule has 1 unspecified atom stereocenters. The van der Waals surface area contributed by atoms with Crippen LogP contribution in [0.25, 0.3) is 0 Å². The zero-order valence-electron chi connectivity index (χ0n) is 12.0. The first kappa shape index (κ1) is 14.1. The fourth-order valence-electron chi connectivity index (χ4n) is 2.77. The molecule has 1 aromatic heterocycles. The van der Waals surface area contributed by atoms with E-state index in [-0.39, 0.29) is 5.91 Å². The average Bonchev–Trinajstić information content (AvgIpc) is 2.84. The first-order chi connectivity index (χ1) is 8.99. The van der Waals surface area contributed by atoms with Crippen molar-refractivity contribution in [3.8, 4) is 0 Å². The van der Waals surface area contributed by atoms with Gasteiger partial charge in [-0.15, -0.1) is 0 Å². The third-order valence-corrected chi connectivity index (χ3v) is 4.23. The minimum atomic E-state index is -0.599. The van der Waals surface area contributed by atoms with E-state index in [0.29, 0.717) is 6.04 Å². The summed E-state index contributed by atoms with van der Waals surface area (Å²) in [7, 11) is 3.70. The summed E-state index contributed by atoms with van der Waals surface area (Å²) in [4.78, 5) is 14.2. The van der Waals surface area contributed by atoms with E-state index in [1.54, 1.807) is 17.1 Å². The average molecular weight is 264 g/mol. The van der Waals surface area contributed by atoms with E-state index in [2.05, 4.69) is 12.0 Å². The number of carbonyl (C=O) groups is 1. The Balaban J connectivity index is 1.98. The molecule has 1 saturated carbocycles. The molecule has 5 nitrogen and oxygen atoms in total. The molecule has 0 bridgehead atoms. The van der Waals surface area contributed by atoms with Crippen LogP contribution in [-0.2, 0) is 11.8 Å². The Morgan fingerprint density at radius 1 is 1.47 bits per heavy atom. The van der Waals surface area contributed by atoms with E-state index < -0.39 is 6.04 Å². The number of nitrogens with zero attached hydrogens (tertiary/aromatic N) is 3. The zero-order valence-corrected chi connectivity index (χ0v) is 12.0. The number of carbonyl (C=O) groups excluding carboxylic acids is 1. The lowest BCUT2D eigenvalue weighted by atomic mass is 9.86. The molecule has 1 atom stereocenters. The molecule has 0 spiro atoms. The number of nitrogens with two attached hydrogens (primary N) is 1. The van der Waals surface area contributed by atoms with Gasteiger partial charge in [0.2, 0.25) is 5.91 Å². The van der Waals surface area contributed by atoms with Crippen molar-refractivity contribution in [2.45, 2.75) is 44.7 Å². The molecule has 1 heterocycles. The third-order valence-electron chi connectivity index (χ3n) is 4.23. The first-order valence-electron chi connectivity index (χ1n) is 7.00. The van der Waals surface area contributed by atoms with E-state index in [0.717, 1.165) is 24.3 Å². The van der Waals surface area contributed by atoms with Crippen LogP contribution >= 0.6 is 0 Å². The molecule has 106 valence electrons. The van der Waals surface area contributed by atoms with Crippen LogP contribution in [-0.4, -0.2) is 33.7 Å². The zero-order chi connectivity index (χ0) is 14.0. The van der Waals surface area contributed by atoms with E-state index in [9.17, 15) is 4.79 Å².